The van der Waals surface area contributed by atoms with Gasteiger partial charge in [-0.2, -0.15) is 0 Å². The van der Waals surface area contributed by atoms with Crippen LogP contribution in [0.15, 0.2) is 48.5 Å². The van der Waals surface area contributed by atoms with Crippen LogP contribution < -0.4 is 4.74 Å². The number of benzene rings is 2. The van der Waals surface area contributed by atoms with Crippen LogP contribution in [0.2, 0.25) is 5.02 Å². The molecule has 0 spiro atoms. The van der Waals surface area contributed by atoms with Gasteiger partial charge in [-0.1, -0.05) is 35.9 Å². The molecule has 2 aromatic carbocycles. The highest BCUT2D eigenvalue weighted by molar-refractivity contribution is 6.30. The van der Waals surface area contributed by atoms with E-state index >= 15 is 0 Å². The first kappa shape index (κ1) is 12.9. The Morgan fingerprint density at radius 1 is 1.00 bits per heavy atom. The molecule has 0 aliphatic heterocycles. The summed E-state index contributed by atoms with van der Waals surface area (Å²) in [7, 11) is 0. The van der Waals surface area contributed by atoms with E-state index in [1.54, 1.807) is 0 Å². The minimum absolute atomic E-state index is 0.153. The summed E-state index contributed by atoms with van der Waals surface area (Å²) >= 11 is 5.96. The summed E-state index contributed by atoms with van der Waals surface area (Å²) < 4.78 is 5.47. The van der Waals surface area contributed by atoms with Crippen molar-refractivity contribution in [3.8, 4) is 16.9 Å². The van der Waals surface area contributed by atoms with Crippen molar-refractivity contribution in [1.29, 1.82) is 0 Å². The van der Waals surface area contributed by atoms with Gasteiger partial charge in [0.25, 0.3) is 0 Å². The summed E-state index contributed by atoms with van der Waals surface area (Å²) in [4.78, 5) is 0. The summed E-state index contributed by atoms with van der Waals surface area (Å²) in [5, 5.41) is 9.40. The van der Waals surface area contributed by atoms with Gasteiger partial charge in [0, 0.05) is 18.1 Å². The lowest BCUT2D eigenvalue weighted by atomic mass is 10.1. The van der Waals surface area contributed by atoms with Gasteiger partial charge in [0.05, 0.1) is 6.61 Å². The molecular formula is C15H15ClO2. The molecule has 0 heterocycles. The van der Waals surface area contributed by atoms with Crippen molar-refractivity contribution in [3.05, 3.63) is 53.6 Å². The molecule has 0 bridgehead atoms. The standard InChI is InChI=1S/C15H15ClO2/c16-14-4-1-3-13(11-14)12-5-7-15(8-6-12)18-10-2-9-17/h1,3-8,11,17H,2,9-10H2. The van der Waals surface area contributed by atoms with E-state index in [-0.39, 0.29) is 6.61 Å². The van der Waals surface area contributed by atoms with Crippen LogP contribution in [0.4, 0.5) is 0 Å². The van der Waals surface area contributed by atoms with Crippen molar-refractivity contribution >= 4 is 11.6 Å². The van der Waals surface area contributed by atoms with Crippen LogP contribution >= 0.6 is 11.6 Å². The quantitative estimate of drug-likeness (QED) is 0.832. The maximum Gasteiger partial charge on any atom is 0.119 e. The first-order valence-corrected chi connectivity index (χ1v) is 6.27. The van der Waals surface area contributed by atoms with Gasteiger partial charge in [-0.15, -0.1) is 0 Å². The molecule has 94 valence electrons. The minimum Gasteiger partial charge on any atom is -0.494 e. The average molecular weight is 263 g/mol. The number of rotatable bonds is 5. The normalized spacial score (nSPS) is 10.3. The zero-order chi connectivity index (χ0) is 12.8. The van der Waals surface area contributed by atoms with Gasteiger partial charge >= 0.3 is 0 Å². The van der Waals surface area contributed by atoms with E-state index in [9.17, 15) is 0 Å². The van der Waals surface area contributed by atoms with Crippen LogP contribution in [-0.2, 0) is 0 Å². The molecule has 0 saturated heterocycles. The van der Waals surface area contributed by atoms with Gasteiger partial charge in [0.2, 0.25) is 0 Å². The second-order valence-electron chi connectivity index (χ2n) is 3.96. The van der Waals surface area contributed by atoms with E-state index in [2.05, 4.69) is 0 Å². The summed E-state index contributed by atoms with van der Waals surface area (Å²) in [5.41, 5.74) is 2.19. The summed E-state index contributed by atoms with van der Waals surface area (Å²) in [5.74, 6) is 0.814. The molecule has 0 saturated carbocycles. The zero-order valence-electron chi connectivity index (χ0n) is 9.97. The van der Waals surface area contributed by atoms with Crippen LogP contribution in [0.1, 0.15) is 6.42 Å². The Balaban J connectivity index is 2.07. The summed E-state index contributed by atoms with van der Waals surface area (Å²) in [6.45, 7) is 0.688. The Labute approximate surface area is 112 Å². The first-order valence-electron chi connectivity index (χ1n) is 5.89. The fourth-order valence-electron chi connectivity index (χ4n) is 1.67. The smallest absolute Gasteiger partial charge is 0.119 e. The van der Waals surface area contributed by atoms with Crippen LogP contribution in [0.3, 0.4) is 0 Å². The lowest BCUT2D eigenvalue weighted by molar-refractivity contribution is 0.233. The topological polar surface area (TPSA) is 29.5 Å². The van der Waals surface area contributed by atoms with E-state index in [1.807, 2.05) is 48.5 Å². The zero-order valence-corrected chi connectivity index (χ0v) is 10.7. The van der Waals surface area contributed by atoms with Crippen molar-refractivity contribution in [2.45, 2.75) is 6.42 Å². The van der Waals surface area contributed by atoms with Crippen LogP contribution in [-0.4, -0.2) is 18.3 Å². The van der Waals surface area contributed by atoms with Gasteiger partial charge in [0.15, 0.2) is 0 Å². The molecule has 2 aromatic rings. The fourth-order valence-corrected chi connectivity index (χ4v) is 1.86. The van der Waals surface area contributed by atoms with E-state index in [4.69, 9.17) is 21.4 Å². The first-order chi connectivity index (χ1) is 8.79. The Kier molecular flexibility index (Phi) is 4.62. The van der Waals surface area contributed by atoms with Crippen molar-refractivity contribution in [2.75, 3.05) is 13.2 Å². The number of ether oxygens (including phenoxy) is 1. The summed E-state index contributed by atoms with van der Waals surface area (Å²) in [6, 6.07) is 15.6. The fraction of sp³-hybridized carbons (Fsp3) is 0.200. The number of aliphatic hydroxyl groups is 1. The van der Waals surface area contributed by atoms with E-state index in [0.717, 1.165) is 21.9 Å². The lowest BCUT2D eigenvalue weighted by Crippen LogP contribution is -1.99. The summed E-state index contributed by atoms with van der Waals surface area (Å²) in [6.07, 6.45) is 0.649. The number of hydrogen-bond acceptors (Lipinski definition) is 2. The maximum absolute atomic E-state index is 8.67. The highest BCUT2D eigenvalue weighted by atomic mass is 35.5. The SMILES string of the molecule is OCCCOc1ccc(-c2cccc(Cl)c2)cc1. The molecular weight excluding hydrogens is 248 g/mol. The highest BCUT2D eigenvalue weighted by Gasteiger charge is 1.99. The molecule has 0 aromatic heterocycles. The van der Waals surface area contributed by atoms with Gasteiger partial charge in [-0.25, -0.2) is 0 Å². The van der Waals surface area contributed by atoms with Gasteiger partial charge in [-0.05, 0) is 35.4 Å². The third-order valence-corrected chi connectivity index (χ3v) is 2.82. The molecule has 3 heteroatoms. The number of hydrogen-bond donors (Lipinski definition) is 1. The molecule has 1 N–H and O–H groups in total. The molecule has 18 heavy (non-hydrogen) atoms. The third kappa shape index (κ3) is 3.49. The average Bonchev–Trinajstić information content (AvgIpc) is 2.40. The van der Waals surface area contributed by atoms with E-state index in [1.165, 1.54) is 0 Å². The minimum atomic E-state index is 0.153. The van der Waals surface area contributed by atoms with Crippen molar-refractivity contribution in [3.63, 3.8) is 0 Å². The monoisotopic (exact) mass is 262 g/mol. The van der Waals surface area contributed by atoms with Crippen molar-refractivity contribution in [2.24, 2.45) is 0 Å². The second-order valence-corrected chi connectivity index (χ2v) is 4.40. The van der Waals surface area contributed by atoms with E-state index in [0.29, 0.717) is 13.0 Å². The van der Waals surface area contributed by atoms with Gasteiger partial charge in [-0.3, -0.25) is 0 Å². The van der Waals surface area contributed by atoms with Gasteiger partial charge in [0.1, 0.15) is 5.75 Å². The van der Waals surface area contributed by atoms with Crippen LogP contribution in [0.25, 0.3) is 11.1 Å². The largest absolute Gasteiger partial charge is 0.494 e. The maximum atomic E-state index is 8.67. The molecule has 0 radical (unpaired) electrons. The molecule has 0 fully saturated rings. The molecule has 0 unspecified atom stereocenters. The lowest BCUT2D eigenvalue weighted by Gasteiger charge is -2.06. The molecule has 2 rings (SSSR count). The number of aliphatic hydroxyl groups excluding tert-OH is 1. The van der Waals surface area contributed by atoms with Crippen molar-refractivity contribution < 1.29 is 9.84 Å². The van der Waals surface area contributed by atoms with Gasteiger partial charge < -0.3 is 9.84 Å². The molecule has 2 nitrogen and oxygen atoms in total. The Morgan fingerprint density at radius 3 is 2.44 bits per heavy atom. The third-order valence-electron chi connectivity index (χ3n) is 2.58. The predicted molar refractivity (Wildman–Crippen MR) is 74.1 cm³/mol. The second kappa shape index (κ2) is 6.43. The molecule has 0 atom stereocenters. The van der Waals surface area contributed by atoms with E-state index < -0.39 is 0 Å². The predicted octanol–water partition coefficient (Wildman–Crippen LogP) is 3.77. The Hall–Kier alpha value is -1.51. The highest BCUT2D eigenvalue weighted by Crippen LogP contribution is 2.24. The number of halogens is 1. The van der Waals surface area contributed by atoms with Crippen molar-refractivity contribution in [1.82, 2.24) is 0 Å². The Morgan fingerprint density at radius 2 is 1.78 bits per heavy atom. The molecule has 0 aliphatic rings. The van der Waals surface area contributed by atoms with Crippen LogP contribution in [0, 0.1) is 0 Å². The molecule has 0 aliphatic carbocycles. The molecule has 0 amide bonds. The van der Waals surface area contributed by atoms with Crippen LogP contribution in [0.5, 0.6) is 5.75 Å². The Bertz CT molecular complexity index is 494.